The van der Waals surface area contributed by atoms with Gasteiger partial charge in [-0.15, -0.1) is 0 Å². The first kappa shape index (κ1) is 11.6. The molecule has 0 aliphatic carbocycles. The summed E-state index contributed by atoms with van der Waals surface area (Å²) < 4.78 is 4.38. The maximum atomic E-state index is 10.6. The quantitative estimate of drug-likeness (QED) is 0.459. The number of esters is 1. The highest BCUT2D eigenvalue weighted by Gasteiger charge is 1.99. The maximum Gasteiger partial charge on any atom is 0.328 e. The van der Waals surface area contributed by atoms with Crippen molar-refractivity contribution >= 4 is 11.9 Å². The Balaban J connectivity index is 3.65. The molecule has 0 amide bonds. The number of carboxylic acids is 1. The third-order valence-electron chi connectivity index (χ3n) is 1.27. The number of ether oxygens (including phenoxy) is 1. The van der Waals surface area contributed by atoms with Crippen molar-refractivity contribution in [2.24, 2.45) is 0 Å². The Hall–Kier alpha value is -1.36. The predicted molar refractivity (Wildman–Crippen MR) is 46.3 cm³/mol. The Morgan fingerprint density at radius 2 is 2.08 bits per heavy atom. The molecule has 0 radical (unpaired) electrons. The number of methoxy groups -OCH3 is 1. The fourth-order valence-corrected chi connectivity index (χ4v) is 0.696. The molecule has 0 aliphatic rings. The second kappa shape index (κ2) is 6.19. The second-order valence-corrected chi connectivity index (χ2v) is 2.51. The number of nitrogens with one attached hydrogen (secondary N) is 1. The molecule has 0 bridgehead atoms. The van der Waals surface area contributed by atoms with Crippen LogP contribution in [0.4, 0.5) is 0 Å². The largest absolute Gasteiger partial charge is 0.478 e. The summed E-state index contributed by atoms with van der Waals surface area (Å²) in [5, 5.41) is 11.1. The van der Waals surface area contributed by atoms with Crippen LogP contribution in [0.25, 0.3) is 0 Å². The minimum absolute atomic E-state index is 0.0846. The molecule has 5 heteroatoms. The van der Waals surface area contributed by atoms with Gasteiger partial charge in [0.15, 0.2) is 0 Å². The maximum absolute atomic E-state index is 10.6. The van der Waals surface area contributed by atoms with Crippen LogP contribution in [-0.2, 0) is 14.3 Å². The highest BCUT2D eigenvalue weighted by atomic mass is 16.5. The van der Waals surface area contributed by atoms with E-state index < -0.39 is 5.97 Å². The van der Waals surface area contributed by atoms with E-state index in [9.17, 15) is 9.59 Å². The number of hydrogen-bond acceptors (Lipinski definition) is 4. The molecule has 13 heavy (non-hydrogen) atoms. The highest BCUT2D eigenvalue weighted by molar-refractivity contribution is 5.80. The zero-order valence-corrected chi connectivity index (χ0v) is 7.66. The van der Waals surface area contributed by atoms with Gasteiger partial charge in [0.05, 0.1) is 13.7 Å². The van der Waals surface area contributed by atoms with Crippen molar-refractivity contribution in [2.45, 2.75) is 6.92 Å². The smallest absolute Gasteiger partial charge is 0.328 e. The molecule has 0 heterocycles. The van der Waals surface area contributed by atoms with E-state index in [0.29, 0.717) is 12.1 Å². The lowest BCUT2D eigenvalue weighted by atomic mass is 10.3. The summed E-state index contributed by atoms with van der Waals surface area (Å²) in [6.07, 6.45) is 1.09. The van der Waals surface area contributed by atoms with Crippen LogP contribution in [0, 0.1) is 0 Å². The SMILES string of the molecule is COC(=O)CNCC(C)=CC(=O)O. The zero-order valence-electron chi connectivity index (χ0n) is 7.66. The summed E-state index contributed by atoms with van der Waals surface area (Å²) in [7, 11) is 1.30. The van der Waals surface area contributed by atoms with E-state index in [1.165, 1.54) is 7.11 Å². The first-order chi connectivity index (χ1) is 6.06. The lowest BCUT2D eigenvalue weighted by molar-refractivity contribution is -0.139. The van der Waals surface area contributed by atoms with Gasteiger partial charge >= 0.3 is 11.9 Å². The van der Waals surface area contributed by atoms with Crippen LogP contribution >= 0.6 is 0 Å². The summed E-state index contributed by atoms with van der Waals surface area (Å²) >= 11 is 0. The molecule has 5 nitrogen and oxygen atoms in total. The molecular weight excluding hydrogens is 174 g/mol. The van der Waals surface area contributed by atoms with Gasteiger partial charge in [-0.3, -0.25) is 4.79 Å². The van der Waals surface area contributed by atoms with Crippen molar-refractivity contribution < 1.29 is 19.4 Å². The molecule has 0 fully saturated rings. The number of carbonyl (C=O) groups is 2. The summed E-state index contributed by atoms with van der Waals surface area (Å²) in [6, 6.07) is 0. The fraction of sp³-hybridized carbons (Fsp3) is 0.500. The molecule has 74 valence electrons. The van der Waals surface area contributed by atoms with Gasteiger partial charge in [0, 0.05) is 12.6 Å². The van der Waals surface area contributed by atoms with Crippen LogP contribution in [0.15, 0.2) is 11.6 Å². The summed E-state index contributed by atoms with van der Waals surface area (Å²) in [5.74, 6) is -1.36. The third kappa shape index (κ3) is 7.02. The molecule has 0 aromatic heterocycles. The summed E-state index contributed by atoms with van der Waals surface area (Å²) in [4.78, 5) is 20.8. The number of carbonyl (C=O) groups excluding carboxylic acids is 1. The van der Waals surface area contributed by atoms with Crippen molar-refractivity contribution in [3.8, 4) is 0 Å². The Morgan fingerprint density at radius 1 is 1.46 bits per heavy atom. The Bertz CT molecular complexity index is 222. The Morgan fingerprint density at radius 3 is 2.54 bits per heavy atom. The van der Waals surface area contributed by atoms with E-state index in [1.54, 1.807) is 6.92 Å². The molecule has 0 spiro atoms. The molecule has 0 saturated carbocycles. The standard InChI is InChI=1S/C8H13NO4/c1-6(3-7(10)11)4-9-5-8(12)13-2/h3,9H,4-5H2,1-2H3,(H,10,11). The lowest BCUT2D eigenvalue weighted by Gasteiger charge is -2.02. The van der Waals surface area contributed by atoms with Crippen molar-refractivity contribution in [1.29, 1.82) is 0 Å². The Kier molecular flexibility index (Phi) is 5.54. The zero-order chi connectivity index (χ0) is 10.3. The van der Waals surface area contributed by atoms with E-state index in [4.69, 9.17) is 5.11 Å². The number of aliphatic carboxylic acids is 1. The van der Waals surface area contributed by atoms with Crippen LogP contribution in [-0.4, -0.2) is 37.2 Å². The third-order valence-corrected chi connectivity index (χ3v) is 1.27. The first-order valence-corrected chi connectivity index (χ1v) is 3.74. The normalized spacial score (nSPS) is 11.1. The second-order valence-electron chi connectivity index (χ2n) is 2.51. The monoisotopic (exact) mass is 187 g/mol. The molecule has 0 unspecified atom stereocenters. The fourth-order valence-electron chi connectivity index (χ4n) is 0.696. The van der Waals surface area contributed by atoms with Crippen LogP contribution in [0.1, 0.15) is 6.92 Å². The van der Waals surface area contributed by atoms with Crippen molar-refractivity contribution in [3.63, 3.8) is 0 Å². The molecule has 0 aliphatic heterocycles. The number of rotatable bonds is 5. The minimum Gasteiger partial charge on any atom is -0.478 e. The van der Waals surface area contributed by atoms with Crippen LogP contribution in [0.5, 0.6) is 0 Å². The van der Waals surface area contributed by atoms with E-state index in [0.717, 1.165) is 6.08 Å². The van der Waals surface area contributed by atoms with Gasteiger partial charge in [-0.05, 0) is 6.92 Å². The van der Waals surface area contributed by atoms with Crippen LogP contribution < -0.4 is 5.32 Å². The van der Waals surface area contributed by atoms with Gasteiger partial charge in [-0.25, -0.2) is 4.79 Å². The van der Waals surface area contributed by atoms with Gasteiger partial charge in [0.2, 0.25) is 0 Å². The predicted octanol–water partition coefficient (Wildman–Crippen LogP) is -0.220. The average molecular weight is 187 g/mol. The van der Waals surface area contributed by atoms with E-state index >= 15 is 0 Å². The van der Waals surface area contributed by atoms with E-state index in [1.807, 2.05) is 0 Å². The topological polar surface area (TPSA) is 75.6 Å². The summed E-state index contributed by atoms with van der Waals surface area (Å²) in [5.41, 5.74) is 0.649. The van der Waals surface area contributed by atoms with E-state index in [2.05, 4.69) is 10.1 Å². The highest BCUT2D eigenvalue weighted by Crippen LogP contribution is 1.88. The number of hydrogen-bond donors (Lipinski definition) is 2. The van der Waals surface area contributed by atoms with Gasteiger partial charge in [-0.2, -0.15) is 0 Å². The molecule has 0 atom stereocenters. The molecule has 0 aromatic rings. The van der Waals surface area contributed by atoms with Crippen molar-refractivity contribution in [1.82, 2.24) is 5.32 Å². The average Bonchev–Trinajstić information content (AvgIpc) is 2.02. The van der Waals surface area contributed by atoms with Gasteiger partial charge < -0.3 is 15.2 Å². The van der Waals surface area contributed by atoms with Gasteiger partial charge in [0.25, 0.3) is 0 Å². The van der Waals surface area contributed by atoms with Crippen molar-refractivity contribution in [2.75, 3.05) is 20.2 Å². The molecule has 0 rings (SSSR count). The van der Waals surface area contributed by atoms with Crippen LogP contribution in [0.3, 0.4) is 0 Å². The van der Waals surface area contributed by atoms with Gasteiger partial charge in [0.1, 0.15) is 0 Å². The van der Waals surface area contributed by atoms with Gasteiger partial charge in [-0.1, -0.05) is 5.57 Å². The molecule has 2 N–H and O–H groups in total. The van der Waals surface area contributed by atoms with Crippen molar-refractivity contribution in [3.05, 3.63) is 11.6 Å². The lowest BCUT2D eigenvalue weighted by Crippen LogP contribution is -2.25. The first-order valence-electron chi connectivity index (χ1n) is 3.74. The Labute approximate surface area is 76.4 Å². The molecule has 0 saturated heterocycles. The van der Waals surface area contributed by atoms with Crippen LogP contribution in [0.2, 0.25) is 0 Å². The summed E-state index contributed by atoms with van der Waals surface area (Å²) in [6.45, 7) is 2.11. The number of carboxylic acid groups (broad SMARTS) is 1. The molecule has 0 aromatic carbocycles. The van der Waals surface area contributed by atoms with E-state index in [-0.39, 0.29) is 12.5 Å². The minimum atomic E-state index is -0.989. The molecular formula is C8H13NO4.